The highest BCUT2D eigenvalue weighted by Gasteiger charge is 2.54. The molecule has 3 heteroatoms. The first-order chi connectivity index (χ1) is 10.3. The lowest BCUT2D eigenvalue weighted by Gasteiger charge is -2.45. The molecule has 4 rings (SSSR count). The van der Waals surface area contributed by atoms with Crippen LogP contribution in [0.2, 0.25) is 0 Å². The molecule has 3 nitrogen and oxygen atoms in total. The number of morpholine rings is 1. The summed E-state index contributed by atoms with van der Waals surface area (Å²) in [4.78, 5) is 15.4. The number of benzene rings is 1. The quantitative estimate of drug-likeness (QED) is 0.836. The molecule has 0 radical (unpaired) electrons. The van der Waals surface area contributed by atoms with E-state index < -0.39 is 0 Å². The van der Waals surface area contributed by atoms with Crippen molar-refractivity contribution in [1.82, 2.24) is 4.90 Å². The highest BCUT2D eigenvalue weighted by molar-refractivity contribution is 5.91. The average Bonchev–Trinajstić information content (AvgIpc) is 3.36. The molecular weight excluding hydrogens is 262 g/mol. The third kappa shape index (κ3) is 2.18. The van der Waals surface area contributed by atoms with Crippen molar-refractivity contribution in [2.24, 2.45) is 0 Å². The van der Waals surface area contributed by atoms with Crippen LogP contribution in [0, 0.1) is 0 Å². The first-order valence-corrected chi connectivity index (χ1v) is 8.29. The van der Waals surface area contributed by atoms with E-state index in [1.807, 2.05) is 18.2 Å². The number of carbonyl (C=O) groups is 1. The summed E-state index contributed by atoms with van der Waals surface area (Å²) in [5, 5.41) is 0. The zero-order valence-corrected chi connectivity index (χ0v) is 12.5. The van der Waals surface area contributed by atoms with Crippen molar-refractivity contribution in [2.45, 2.75) is 56.1 Å². The van der Waals surface area contributed by atoms with Crippen molar-refractivity contribution in [1.29, 1.82) is 0 Å². The summed E-state index contributed by atoms with van der Waals surface area (Å²) in [5.74, 6) is 0.355. The van der Waals surface area contributed by atoms with Gasteiger partial charge >= 0.3 is 0 Å². The van der Waals surface area contributed by atoms with Gasteiger partial charge in [0, 0.05) is 6.54 Å². The minimum absolute atomic E-state index is 0.222. The summed E-state index contributed by atoms with van der Waals surface area (Å²) in [6.07, 6.45) is 6.99. The molecule has 2 aliphatic carbocycles. The summed E-state index contributed by atoms with van der Waals surface area (Å²) in [7, 11) is 0. The number of fused-ring (bicyclic) bond motifs is 1. The Kier molecular flexibility index (Phi) is 3.26. The number of hydrogen-bond donors (Lipinski definition) is 0. The number of hydrogen-bond acceptors (Lipinski definition) is 2. The maximum atomic E-state index is 13.2. The van der Waals surface area contributed by atoms with Crippen molar-refractivity contribution < 1.29 is 9.53 Å². The van der Waals surface area contributed by atoms with Gasteiger partial charge in [-0.1, -0.05) is 43.2 Å². The van der Waals surface area contributed by atoms with Gasteiger partial charge in [-0.3, -0.25) is 4.79 Å². The Labute approximate surface area is 126 Å². The number of carbonyl (C=O) groups excluding carboxylic acids is 1. The zero-order chi connectivity index (χ0) is 14.3. The molecule has 0 aromatic heterocycles. The molecule has 1 heterocycles. The Hall–Kier alpha value is -1.35. The van der Waals surface area contributed by atoms with Crippen LogP contribution < -0.4 is 0 Å². The third-order valence-corrected chi connectivity index (χ3v) is 5.48. The molecule has 3 fully saturated rings. The highest BCUT2D eigenvalue weighted by Crippen LogP contribution is 2.50. The lowest BCUT2D eigenvalue weighted by atomic mass is 9.87. The highest BCUT2D eigenvalue weighted by atomic mass is 16.5. The molecule has 2 atom stereocenters. The second kappa shape index (κ2) is 5.13. The van der Waals surface area contributed by atoms with Gasteiger partial charge in [-0.2, -0.15) is 0 Å². The van der Waals surface area contributed by atoms with Crippen LogP contribution in [-0.4, -0.2) is 36.1 Å². The van der Waals surface area contributed by atoms with Crippen molar-refractivity contribution in [2.75, 3.05) is 13.2 Å². The van der Waals surface area contributed by atoms with Gasteiger partial charge in [-0.15, -0.1) is 0 Å². The monoisotopic (exact) mass is 285 g/mol. The number of nitrogens with zero attached hydrogens (tertiary/aromatic N) is 1. The van der Waals surface area contributed by atoms with Crippen LogP contribution in [-0.2, 0) is 14.9 Å². The van der Waals surface area contributed by atoms with Crippen molar-refractivity contribution >= 4 is 5.91 Å². The Morgan fingerprint density at radius 1 is 1.14 bits per heavy atom. The maximum absolute atomic E-state index is 13.2. The molecule has 1 amide bonds. The van der Waals surface area contributed by atoms with Gasteiger partial charge in [0.25, 0.3) is 0 Å². The third-order valence-electron chi connectivity index (χ3n) is 5.48. The molecule has 0 unspecified atom stereocenters. The van der Waals surface area contributed by atoms with Crippen LogP contribution in [0.4, 0.5) is 0 Å². The van der Waals surface area contributed by atoms with Crippen LogP contribution in [0.3, 0.4) is 0 Å². The van der Waals surface area contributed by atoms with E-state index in [1.54, 1.807) is 0 Å². The number of amides is 1. The van der Waals surface area contributed by atoms with Gasteiger partial charge in [-0.05, 0) is 31.2 Å². The number of rotatable bonds is 2. The molecule has 2 saturated carbocycles. The molecule has 1 aliphatic heterocycles. The summed E-state index contributed by atoms with van der Waals surface area (Å²) in [6, 6.07) is 10.7. The molecule has 1 aromatic carbocycles. The molecule has 3 aliphatic rings. The van der Waals surface area contributed by atoms with Gasteiger partial charge in [0.05, 0.1) is 24.2 Å². The second-order valence-corrected chi connectivity index (χ2v) is 6.71. The number of ether oxygens (including phenoxy) is 1. The Bertz CT molecular complexity index is 521. The molecule has 21 heavy (non-hydrogen) atoms. The molecule has 1 saturated heterocycles. The molecule has 0 N–H and O–H groups in total. The van der Waals surface area contributed by atoms with Crippen LogP contribution in [0.25, 0.3) is 0 Å². The fraction of sp³-hybridized carbons (Fsp3) is 0.611. The minimum atomic E-state index is -0.222. The normalized spacial score (nSPS) is 30.6. The van der Waals surface area contributed by atoms with E-state index in [1.165, 1.54) is 18.4 Å². The van der Waals surface area contributed by atoms with Crippen molar-refractivity contribution in [3.05, 3.63) is 35.9 Å². The second-order valence-electron chi connectivity index (χ2n) is 6.71. The summed E-state index contributed by atoms with van der Waals surface area (Å²) >= 11 is 0. The van der Waals surface area contributed by atoms with Gasteiger partial charge in [0.2, 0.25) is 5.91 Å². The standard InChI is InChI=1S/C18H23NO2/c20-17(18(10-11-18)14-6-2-1-3-7-14)19-12-13-21-16-9-5-4-8-15(16)19/h1-3,6-7,15-16H,4-5,8-13H2/t15-,16+/m1/s1. The SMILES string of the molecule is O=C(N1CCO[C@H]2CCCC[C@H]21)C1(c2ccccc2)CC1. The van der Waals surface area contributed by atoms with Gasteiger partial charge < -0.3 is 9.64 Å². The topological polar surface area (TPSA) is 29.5 Å². The van der Waals surface area contributed by atoms with Crippen LogP contribution in [0.5, 0.6) is 0 Å². The Morgan fingerprint density at radius 2 is 1.90 bits per heavy atom. The molecule has 0 bridgehead atoms. The van der Waals surface area contributed by atoms with Crippen LogP contribution >= 0.6 is 0 Å². The van der Waals surface area contributed by atoms with E-state index >= 15 is 0 Å². The van der Waals surface area contributed by atoms with Gasteiger partial charge in [-0.25, -0.2) is 0 Å². The molecule has 112 valence electrons. The first kappa shape index (κ1) is 13.3. The Morgan fingerprint density at radius 3 is 2.67 bits per heavy atom. The molecular formula is C18H23NO2. The fourth-order valence-electron chi connectivity index (χ4n) is 4.13. The smallest absolute Gasteiger partial charge is 0.233 e. The molecule has 1 aromatic rings. The fourth-order valence-corrected chi connectivity index (χ4v) is 4.13. The lowest BCUT2D eigenvalue weighted by Crippen LogP contribution is -2.57. The molecule has 0 spiro atoms. The Balaban J connectivity index is 1.59. The first-order valence-electron chi connectivity index (χ1n) is 8.29. The van der Waals surface area contributed by atoms with E-state index in [-0.39, 0.29) is 11.5 Å². The van der Waals surface area contributed by atoms with Gasteiger partial charge in [0.15, 0.2) is 0 Å². The predicted octanol–water partition coefficient (Wildman–Crippen LogP) is 2.89. The summed E-state index contributed by atoms with van der Waals surface area (Å²) in [5.41, 5.74) is 0.981. The van der Waals surface area contributed by atoms with E-state index in [0.717, 1.165) is 32.2 Å². The zero-order valence-electron chi connectivity index (χ0n) is 12.5. The van der Waals surface area contributed by atoms with E-state index in [0.29, 0.717) is 18.6 Å². The maximum Gasteiger partial charge on any atom is 0.233 e. The van der Waals surface area contributed by atoms with E-state index in [9.17, 15) is 4.79 Å². The van der Waals surface area contributed by atoms with Crippen LogP contribution in [0.15, 0.2) is 30.3 Å². The lowest BCUT2D eigenvalue weighted by molar-refractivity contribution is -0.152. The minimum Gasteiger partial charge on any atom is -0.374 e. The summed E-state index contributed by atoms with van der Waals surface area (Å²) in [6.45, 7) is 1.48. The van der Waals surface area contributed by atoms with E-state index in [2.05, 4.69) is 17.0 Å². The largest absolute Gasteiger partial charge is 0.374 e. The van der Waals surface area contributed by atoms with Crippen LogP contribution in [0.1, 0.15) is 44.1 Å². The average molecular weight is 285 g/mol. The van der Waals surface area contributed by atoms with E-state index in [4.69, 9.17) is 4.74 Å². The van der Waals surface area contributed by atoms with Crippen molar-refractivity contribution in [3.63, 3.8) is 0 Å². The van der Waals surface area contributed by atoms with Gasteiger partial charge in [0.1, 0.15) is 0 Å². The predicted molar refractivity (Wildman–Crippen MR) is 81.1 cm³/mol. The van der Waals surface area contributed by atoms with Crippen molar-refractivity contribution in [3.8, 4) is 0 Å². The summed E-state index contributed by atoms with van der Waals surface area (Å²) < 4.78 is 5.91.